The molecule has 126 valence electrons. The summed E-state index contributed by atoms with van der Waals surface area (Å²) in [7, 11) is 0. The molecule has 0 aliphatic rings. The summed E-state index contributed by atoms with van der Waals surface area (Å²) in [5, 5.41) is 14.5. The van der Waals surface area contributed by atoms with Gasteiger partial charge in [0.25, 0.3) is 5.91 Å². The van der Waals surface area contributed by atoms with Crippen LogP contribution in [0, 0.1) is 0 Å². The van der Waals surface area contributed by atoms with Crippen molar-refractivity contribution in [1.82, 2.24) is 10.2 Å². The lowest BCUT2D eigenvalue weighted by Gasteiger charge is -2.04. The van der Waals surface area contributed by atoms with Gasteiger partial charge in [-0.2, -0.15) is 0 Å². The lowest BCUT2D eigenvalue weighted by molar-refractivity contribution is -0.113. The van der Waals surface area contributed by atoms with E-state index in [1.807, 2.05) is 30.3 Å². The molecule has 0 spiro atoms. The molecule has 0 aliphatic heterocycles. The van der Waals surface area contributed by atoms with E-state index in [4.69, 9.17) is 11.6 Å². The summed E-state index contributed by atoms with van der Waals surface area (Å²) in [5.41, 5.74) is 1.96. The summed E-state index contributed by atoms with van der Waals surface area (Å²) in [5.74, 6) is -0.726. The molecule has 8 heteroatoms. The van der Waals surface area contributed by atoms with Gasteiger partial charge in [0, 0.05) is 16.8 Å². The van der Waals surface area contributed by atoms with Crippen molar-refractivity contribution in [3.05, 3.63) is 60.2 Å². The Morgan fingerprint density at radius 1 is 0.960 bits per heavy atom. The van der Waals surface area contributed by atoms with Crippen LogP contribution >= 0.6 is 22.9 Å². The first-order valence-electron chi connectivity index (χ1n) is 7.32. The molecular weight excluding hydrogens is 360 g/mol. The summed E-state index contributed by atoms with van der Waals surface area (Å²) < 4.78 is 0. The Labute approximate surface area is 152 Å². The molecule has 3 rings (SSSR count). The number of hydrogen-bond donors (Lipinski definition) is 2. The maximum absolute atomic E-state index is 12.3. The van der Waals surface area contributed by atoms with Gasteiger partial charge >= 0.3 is 0 Å². The first kappa shape index (κ1) is 17.1. The number of carbonyl (C=O) groups excluding carboxylic acids is 2. The third kappa shape index (κ3) is 4.40. The van der Waals surface area contributed by atoms with Crippen LogP contribution in [0.5, 0.6) is 0 Å². The summed E-state index contributed by atoms with van der Waals surface area (Å²) in [6, 6.07) is 16.1. The lowest BCUT2D eigenvalue weighted by atomic mass is 10.2. The van der Waals surface area contributed by atoms with E-state index in [1.165, 1.54) is 11.3 Å². The first-order valence-corrected chi connectivity index (χ1v) is 8.67. The summed E-state index contributed by atoms with van der Waals surface area (Å²) in [4.78, 5) is 23.5. The molecule has 0 bridgehead atoms. The van der Waals surface area contributed by atoms with Crippen LogP contribution in [0.2, 0.25) is 0 Å². The van der Waals surface area contributed by atoms with Crippen LogP contribution in [0.1, 0.15) is 10.4 Å². The SMILES string of the molecule is O=C(CCl)Nc1ccc(C(=O)Nc2nnc(-c3ccccc3)s2)cc1. The number of rotatable bonds is 5. The van der Waals surface area contributed by atoms with Crippen molar-refractivity contribution in [3.8, 4) is 10.6 Å². The van der Waals surface area contributed by atoms with Crippen molar-refractivity contribution in [1.29, 1.82) is 0 Å². The Balaban J connectivity index is 1.66. The standard InChI is InChI=1S/C17H13ClN4O2S/c18-10-14(23)19-13-8-6-11(7-9-13)15(24)20-17-22-21-16(25-17)12-4-2-1-3-5-12/h1-9H,10H2,(H,19,23)(H,20,22,24). The summed E-state index contributed by atoms with van der Waals surface area (Å²) >= 11 is 6.73. The van der Waals surface area contributed by atoms with Gasteiger partial charge in [-0.25, -0.2) is 0 Å². The molecule has 2 N–H and O–H groups in total. The number of anilines is 2. The van der Waals surface area contributed by atoms with Gasteiger partial charge in [-0.05, 0) is 24.3 Å². The predicted molar refractivity (Wildman–Crippen MR) is 99.1 cm³/mol. The number of halogens is 1. The number of alkyl halides is 1. The van der Waals surface area contributed by atoms with Gasteiger partial charge in [0.15, 0.2) is 0 Å². The maximum atomic E-state index is 12.3. The first-order chi connectivity index (χ1) is 12.2. The van der Waals surface area contributed by atoms with Crippen LogP contribution in [-0.2, 0) is 4.79 Å². The number of carbonyl (C=O) groups is 2. The van der Waals surface area contributed by atoms with Gasteiger partial charge in [0.05, 0.1) is 0 Å². The topological polar surface area (TPSA) is 84.0 Å². The van der Waals surface area contributed by atoms with Crippen molar-refractivity contribution in [2.24, 2.45) is 0 Å². The fourth-order valence-corrected chi connectivity index (χ4v) is 2.85. The highest BCUT2D eigenvalue weighted by molar-refractivity contribution is 7.18. The highest BCUT2D eigenvalue weighted by atomic mass is 35.5. The fourth-order valence-electron chi connectivity index (χ4n) is 2.04. The monoisotopic (exact) mass is 372 g/mol. The number of nitrogens with one attached hydrogen (secondary N) is 2. The van der Waals surface area contributed by atoms with E-state index in [0.717, 1.165) is 10.6 Å². The maximum Gasteiger partial charge on any atom is 0.257 e. The largest absolute Gasteiger partial charge is 0.325 e. The van der Waals surface area contributed by atoms with Gasteiger partial charge in [0.2, 0.25) is 11.0 Å². The van der Waals surface area contributed by atoms with Crippen molar-refractivity contribution in [2.75, 3.05) is 16.5 Å². The van der Waals surface area contributed by atoms with E-state index in [9.17, 15) is 9.59 Å². The molecule has 0 fully saturated rings. The molecule has 1 heterocycles. The molecule has 0 saturated heterocycles. The van der Waals surface area contributed by atoms with Crippen molar-refractivity contribution in [2.45, 2.75) is 0 Å². The number of benzene rings is 2. The molecule has 3 aromatic rings. The number of amides is 2. The van der Waals surface area contributed by atoms with Gasteiger partial charge in [-0.1, -0.05) is 41.7 Å². The van der Waals surface area contributed by atoms with E-state index in [0.29, 0.717) is 16.4 Å². The molecule has 2 amide bonds. The van der Waals surface area contributed by atoms with Gasteiger partial charge in [0.1, 0.15) is 10.9 Å². The summed E-state index contributed by atoms with van der Waals surface area (Å²) in [6.45, 7) is 0. The minimum atomic E-state index is -0.304. The van der Waals surface area contributed by atoms with E-state index < -0.39 is 0 Å². The molecule has 0 unspecified atom stereocenters. The van der Waals surface area contributed by atoms with Crippen molar-refractivity contribution < 1.29 is 9.59 Å². The molecular formula is C17H13ClN4O2S. The molecule has 0 aliphatic carbocycles. The van der Waals surface area contributed by atoms with Crippen LogP contribution < -0.4 is 10.6 Å². The van der Waals surface area contributed by atoms with Gasteiger partial charge in [-0.3, -0.25) is 14.9 Å². The minimum Gasteiger partial charge on any atom is -0.325 e. The lowest BCUT2D eigenvalue weighted by Crippen LogP contribution is -2.14. The molecule has 1 aromatic heterocycles. The van der Waals surface area contributed by atoms with Gasteiger partial charge in [-0.15, -0.1) is 21.8 Å². The van der Waals surface area contributed by atoms with E-state index in [2.05, 4.69) is 20.8 Å². The highest BCUT2D eigenvalue weighted by Crippen LogP contribution is 2.26. The Morgan fingerprint density at radius 3 is 2.36 bits per heavy atom. The second kappa shape index (κ2) is 7.87. The van der Waals surface area contributed by atoms with E-state index in [1.54, 1.807) is 24.3 Å². The Kier molecular flexibility index (Phi) is 5.37. The summed E-state index contributed by atoms with van der Waals surface area (Å²) in [6.07, 6.45) is 0. The quantitative estimate of drug-likeness (QED) is 0.670. The van der Waals surface area contributed by atoms with Crippen LogP contribution in [0.4, 0.5) is 10.8 Å². The third-order valence-corrected chi connectivity index (χ3v) is 4.35. The second-order valence-corrected chi connectivity index (χ2v) is 6.24. The zero-order chi connectivity index (χ0) is 17.6. The zero-order valence-electron chi connectivity index (χ0n) is 12.9. The average Bonchev–Trinajstić information content (AvgIpc) is 3.11. The van der Waals surface area contributed by atoms with Crippen LogP contribution in [0.15, 0.2) is 54.6 Å². The zero-order valence-corrected chi connectivity index (χ0v) is 14.5. The number of nitrogens with zero attached hydrogens (tertiary/aromatic N) is 2. The van der Waals surface area contributed by atoms with Crippen LogP contribution in [0.25, 0.3) is 10.6 Å². The van der Waals surface area contributed by atoms with Crippen molar-refractivity contribution >= 4 is 45.6 Å². The second-order valence-electron chi connectivity index (χ2n) is 4.99. The smallest absolute Gasteiger partial charge is 0.257 e. The minimum absolute atomic E-state index is 0.122. The number of aromatic nitrogens is 2. The highest BCUT2D eigenvalue weighted by Gasteiger charge is 2.11. The molecule has 2 aromatic carbocycles. The predicted octanol–water partition coefficient (Wildman–Crippen LogP) is 3.63. The van der Waals surface area contributed by atoms with Crippen molar-refractivity contribution in [3.63, 3.8) is 0 Å². The molecule has 6 nitrogen and oxygen atoms in total. The Bertz CT molecular complexity index is 881. The van der Waals surface area contributed by atoms with E-state index >= 15 is 0 Å². The average molecular weight is 373 g/mol. The normalized spacial score (nSPS) is 10.3. The van der Waals surface area contributed by atoms with Crippen LogP contribution in [0.3, 0.4) is 0 Å². The molecule has 0 atom stereocenters. The fraction of sp³-hybridized carbons (Fsp3) is 0.0588. The number of hydrogen-bond acceptors (Lipinski definition) is 5. The van der Waals surface area contributed by atoms with E-state index in [-0.39, 0.29) is 17.7 Å². The van der Waals surface area contributed by atoms with Gasteiger partial charge < -0.3 is 5.32 Å². The Morgan fingerprint density at radius 2 is 1.68 bits per heavy atom. The third-order valence-electron chi connectivity index (χ3n) is 3.22. The molecule has 25 heavy (non-hydrogen) atoms. The Hall–Kier alpha value is -2.77. The molecule has 0 saturated carbocycles. The molecule has 0 radical (unpaired) electrons. The van der Waals surface area contributed by atoms with Crippen LogP contribution in [-0.4, -0.2) is 27.9 Å².